The molecule has 2 heterocycles. The minimum absolute atomic E-state index is 0.205. The lowest BCUT2D eigenvalue weighted by Gasteiger charge is -2.33. The molecule has 0 fully saturated rings. The van der Waals surface area contributed by atoms with Crippen LogP contribution >= 0.6 is 0 Å². The molecule has 8 heteroatoms. The Bertz CT molecular complexity index is 1320. The van der Waals surface area contributed by atoms with Gasteiger partial charge >= 0.3 is 12.0 Å². The number of allylic oxidation sites excluding steroid dienone is 1. The number of urea groups is 1. The van der Waals surface area contributed by atoms with E-state index in [0.29, 0.717) is 18.5 Å². The van der Waals surface area contributed by atoms with E-state index in [4.69, 9.17) is 9.47 Å². The second-order valence-electron chi connectivity index (χ2n) is 9.69. The highest BCUT2D eigenvalue weighted by Crippen LogP contribution is 2.28. The van der Waals surface area contributed by atoms with Crippen molar-refractivity contribution in [1.82, 2.24) is 20.0 Å². The van der Waals surface area contributed by atoms with Crippen LogP contribution in [-0.4, -0.2) is 46.9 Å². The van der Waals surface area contributed by atoms with Crippen molar-refractivity contribution in [3.63, 3.8) is 0 Å². The Labute approximate surface area is 217 Å². The van der Waals surface area contributed by atoms with Crippen LogP contribution in [0.5, 0.6) is 5.75 Å². The number of hydrogen-bond acceptors (Lipinski definition) is 5. The fourth-order valence-electron chi connectivity index (χ4n) is 4.48. The van der Waals surface area contributed by atoms with Crippen molar-refractivity contribution >= 4 is 17.6 Å². The smallest absolute Gasteiger partial charge is 0.359 e. The third kappa shape index (κ3) is 5.38. The number of hydrogen-bond donors (Lipinski definition) is 1. The van der Waals surface area contributed by atoms with Gasteiger partial charge in [0.2, 0.25) is 0 Å². The molecule has 8 nitrogen and oxygen atoms in total. The van der Waals surface area contributed by atoms with Gasteiger partial charge in [0.1, 0.15) is 5.75 Å². The number of amides is 2. The second-order valence-corrected chi connectivity index (χ2v) is 9.69. The molecule has 37 heavy (non-hydrogen) atoms. The lowest BCUT2D eigenvalue weighted by atomic mass is 9.91. The maximum atomic E-state index is 13.4. The van der Waals surface area contributed by atoms with Crippen molar-refractivity contribution in [3.05, 3.63) is 83.2 Å². The van der Waals surface area contributed by atoms with Crippen molar-refractivity contribution < 1.29 is 19.1 Å². The highest BCUT2D eigenvalue weighted by atomic mass is 16.5. The number of nitrogens with one attached hydrogen (secondary N) is 1. The molecule has 3 aromatic rings. The van der Waals surface area contributed by atoms with Crippen molar-refractivity contribution in [3.8, 4) is 11.4 Å². The van der Waals surface area contributed by atoms with Crippen LogP contribution in [0.3, 0.4) is 0 Å². The normalized spacial score (nSPS) is 13.1. The molecule has 1 aliphatic rings. The van der Waals surface area contributed by atoms with Crippen LogP contribution in [0.25, 0.3) is 11.3 Å². The fourth-order valence-corrected chi connectivity index (χ4v) is 4.48. The van der Waals surface area contributed by atoms with Crippen LogP contribution in [0.15, 0.2) is 55.1 Å². The topological polar surface area (TPSA) is 85.7 Å². The number of benzene rings is 2. The molecule has 2 amide bonds. The first-order valence-electron chi connectivity index (χ1n) is 12.4. The number of fused-ring (bicyclic) bond motifs is 1. The first-order chi connectivity index (χ1) is 17.6. The molecule has 1 N–H and O–H groups in total. The van der Waals surface area contributed by atoms with Gasteiger partial charge in [-0.1, -0.05) is 30.4 Å². The number of carbonyl (C=O) groups excluding carboxylic acids is 2. The molecule has 0 saturated heterocycles. The van der Waals surface area contributed by atoms with E-state index in [1.165, 1.54) is 0 Å². The number of carbonyl (C=O) groups is 2. The Hall–Kier alpha value is -4.07. The summed E-state index contributed by atoms with van der Waals surface area (Å²) in [5.41, 5.74) is 5.02. The van der Waals surface area contributed by atoms with Crippen molar-refractivity contribution in [2.24, 2.45) is 0 Å². The Morgan fingerprint density at radius 2 is 1.89 bits per heavy atom. The number of ether oxygens (including phenoxy) is 2. The van der Waals surface area contributed by atoms with E-state index < -0.39 is 11.5 Å². The molecule has 1 aromatic heterocycles. The first kappa shape index (κ1) is 26.0. The molecular formula is C29H34N4O4. The average molecular weight is 503 g/mol. The van der Waals surface area contributed by atoms with Crippen LogP contribution < -0.4 is 10.1 Å². The van der Waals surface area contributed by atoms with Gasteiger partial charge in [0, 0.05) is 18.5 Å². The quantitative estimate of drug-likeness (QED) is 0.455. The molecule has 194 valence electrons. The number of esters is 1. The second kappa shape index (κ2) is 10.5. The standard InChI is InChI=1S/C29H34N4O4/c1-7-37-27(34)26-24-18-32(16-15-25(24)33(31-26)22-11-13-23(36-6)14-12-22)28(35)30-29(4,5)21-10-8-9-20(17-21)19(2)3/h8-14,17H,2,7,15-16,18H2,1,3-6H3,(H,30,35). The summed E-state index contributed by atoms with van der Waals surface area (Å²) in [5, 5.41) is 7.78. The Kier molecular flexibility index (Phi) is 7.38. The highest BCUT2D eigenvalue weighted by Gasteiger charge is 2.33. The average Bonchev–Trinajstić information content (AvgIpc) is 3.27. The van der Waals surface area contributed by atoms with Gasteiger partial charge in [-0.3, -0.25) is 0 Å². The predicted molar refractivity (Wildman–Crippen MR) is 143 cm³/mol. The van der Waals surface area contributed by atoms with Gasteiger partial charge in [0.05, 0.1) is 37.2 Å². The summed E-state index contributed by atoms with van der Waals surface area (Å²) in [4.78, 5) is 27.9. The summed E-state index contributed by atoms with van der Waals surface area (Å²) in [7, 11) is 1.61. The Balaban J connectivity index is 1.61. The molecule has 2 aromatic carbocycles. The van der Waals surface area contributed by atoms with Crippen LogP contribution in [0.2, 0.25) is 0 Å². The largest absolute Gasteiger partial charge is 0.497 e. The maximum Gasteiger partial charge on any atom is 0.359 e. The Morgan fingerprint density at radius 3 is 2.54 bits per heavy atom. The molecule has 1 aliphatic heterocycles. The third-order valence-electron chi connectivity index (χ3n) is 6.63. The summed E-state index contributed by atoms with van der Waals surface area (Å²) in [5.74, 6) is 0.236. The van der Waals surface area contributed by atoms with Crippen LogP contribution in [0.1, 0.15) is 60.6 Å². The monoisotopic (exact) mass is 502 g/mol. The van der Waals surface area contributed by atoms with Gasteiger partial charge in [-0.2, -0.15) is 5.10 Å². The molecule has 0 spiro atoms. The maximum absolute atomic E-state index is 13.4. The summed E-state index contributed by atoms with van der Waals surface area (Å²) in [6.07, 6.45) is 0.548. The predicted octanol–water partition coefficient (Wildman–Crippen LogP) is 5.09. The summed E-state index contributed by atoms with van der Waals surface area (Å²) < 4.78 is 12.3. The summed E-state index contributed by atoms with van der Waals surface area (Å²) >= 11 is 0. The van der Waals surface area contributed by atoms with Gasteiger partial charge in [0.15, 0.2) is 5.69 Å². The molecule has 4 rings (SSSR count). The first-order valence-corrected chi connectivity index (χ1v) is 12.4. The molecule has 0 saturated carbocycles. The number of methoxy groups -OCH3 is 1. The van der Waals surface area contributed by atoms with E-state index in [1.54, 1.807) is 23.6 Å². The van der Waals surface area contributed by atoms with E-state index >= 15 is 0 Å². The molecular weight excluding hydrogens is 468 g/mol. The molecule has 0 atom stereocenters. The van der Waals surface area contributed by atoms with Crippen LogP contribution in [0.4, 0.5) is 4.79 Å². The summed E-state index contributed by atoms with van der Waals surface area (Å²) in [6, 6.07) is 15.3. The third-order valence-corrected chi connectivity index (χ3v) is 6.63. The van der Waals surface area contributed by atoms with Crippen molar-refractivity contribution in [1.29, 1.82) is 0 Å². The Morgan fingerprint density at radius 1 is 1.16 bits per heavy atom. The SMILES string of the molecule is C=C(C)c1cccc(C(C)(C)NC(=O)N2CCc3c(c(C(=O)OCC)nn3-c3ccc(OC)cc3)C2)c1. The van der Waals surface area contributed by atoms with E-state index in [1.807, 2.05) is 63.2 Å². The molecule has 0 radical (unpaired) electrons. The van der Waals surface area contributed by atoms with E-state index in [0.717, 1.165) is 33.8 Å². The lowest BCUT2D eigenvalue weighted by molar-refractivity contribution is 0.0516. The molecule has 0 aliphatic carbocycles. The number of aromatic nitrogens is 2. The number of nitrogens with zero attached hydrogens (tertiary/aromatic N) is 3. The van der Waals surface area contributed by atoms with E-state index in [9.17, 15) is 9.59 Å². The van der Waals surface area contributed by atoms with E-state index in [-0.39, 0.29) is 24.9 Å². The van der Waals surface area contributed by atoms with Gasteiger partial charge in [-0.25, -0.2) is 14.3 Å². The minimum atomic E-state index is -0.611. The van der Waals surface area contributed by atoms with Crippen molar-refractivity contribution in [2.75, 3.05) is 20.3 Å². The summed E-state index contributed by atoms with van der Waals surface area (Å²) in [6.45, 7) is 12.7. The van der Waals surface area contributed by atoms with Crippen LogP contribution in [-0.2, 0) is 23.2 Å². The van der Waals surface area contributed by atoms with E-state index in [2.05, 4.69) is 23.1 Å². The number of rotatable bonds is 7. The minimum Gasteiger partial charge on any atom is -0.497 e. The highest BCUT2D eigenvalue weighted by molar-refractivity contribution is 5.90. The van der Waals surface area contributed by atoms with Gasteiger partial charge in [-0.05, 0) is 69.2 Å². The van der Waals surface area contributed by atoms with Crippen LogP contribution in [0, 0.1) is 0 Å². The van der Waals surface area contributed by atoms with Gasteiger partial charge < -0.3 is 19.7 Å². The van der Waals surface area contributed by atoms with Gasteiger partial charge in [0.25, 0.3) is 0 Å². The molecule has 0 bridgehead atoms. The zero-order valence-corrected chi connectivity index (χ0v) is 22.1. The fraction of sp³-hybridized carbons (Fsp3) is 0.345. The zero-order valence-electron chi connectivity index (χ0n) is 22.1. The van der Waals surface area contributed by atoms with Gasteiger partial charge in [-0.15, -0.1) is 0 Å². The molecule has 0 unspecified atom stereocenters. The zero-order chi connectivity index (χ0) is 26.7. The lowest BCUT2D eigenvalue weighted by Crippen LogP contribution is -2.49. The van der Waals surface area contributed by atoms with Crippen molar-refractivity contribution in [2.45, 2.75) is 46.2 Å².